The van der Waals surface area contributed by atoms with Crippen LogP contribution in [0.3, 0.4) is 0 Å². The summed E-state index contributed by atoms with van der Waals surface area (Å²) in [4.78, 5) is 4.79. The second-order valence-corrected chi connectivity index (χ2v) is 16.4. The minimum Gasteiger partial charge on any atom is -0.311 e. The summed E-state index contributed by atoms with van der Waals surface area (Å²) < 4.78 is 0. The van der Waals surface area contributed by atoms with Crippen LogP contribution in [0.5, 0.6) is 0 Å². The predicted octanol–water partition coefficient (Wildman–Crippen LogP) is 15.2. The van der Waals surface area contributed by atoms with Gasteiger partial charge in [0.2, 0.25) is 0 Å². The zero-order valence-electron chi connectivity index (χ0n) is 33.7. The van der Waals surface area contributed by atoms with Crippen LogP contribution in [0, 0.1) is 12.8 Å². The maximum Gasteiger partial charge on any atom is 0.0465 e. The highest BCUT2D eigenvalue weighted by Gasteiger charge is 2.35. The maximum atomic E-state index is 2.45. The molecule has 7 aromatic carbocycles. The molecule has 0 N–H and O–H groups in total. The van der Waals surface area contributed by atoms with Gasteiger partial charge in [0.1, 0.15) is 0 Å². The van der Waals surface area contributed by atoms with Gasteiger partial charge in [0, 0.05) is 45.5 Å². The molecule has 0 amide bonds. The third-order valence-corrected chi connectivity index (χ3v) is 12.2. The van der Waals surface area contributed by atoms with Crippen LogP contribution >= 0.6 is 0 Å². The van der Waals surface area contributed by atoms with Gasteiger partial charge >= 0.3 is 0 Å². The van der Waals surface area contributed by atoms with E-state index in [2.05, 4.69) is 232 Å². The number of anilines is 5. The zero-order valence-corrected chi connectivity index (χ0v) is 33.7. The molecule has 2 aliphatic rings. The number of hydrogen-bond donors (Lipinski definition) is 0. The first-order valence-electron chi connectivity index (χ1n) is 20.4. The minimum atomic E-state index is -0.0688. The lowest BCUT2D eigenvalue weighted by Crippen LogP contribution is -2.20. The Hall–Kier alpha value is -6.38. The van der Waals surface area contributed by atoms with E-state index in [0.29, 0.717) is 11.8 Å². The molecule has 0 saturated carbocycles. The summed E-state index contributed by atoms with van der Waals surface area (Å²) in [6.45, 7) is 11.6. The smallest absolute Gasteiger partial charge is 0.0465 e. The predicted molar refractivity (Wildman–Crippen MR) is 242 cm³/mol. The number of rotatable bonds is 9. The van der Waals surface area contributed by atoms with Crippen LogP contribution in [-0.4, -0.2) is 0 Å². The van der Waals surface area contributed by atoms with Gasteiger partial charge in [-0.15, -0.1) is 0 Å². The lowest BCUT2D eigenvalue weighted by molar-refractivity contribution is 0.641. The van der Waals surface area contributed by atoms with Crippen LogP contribution in [-0.2, 0) is 5.41 Å². The summed E-state index contributed by atoms with van der Waals surface area (Å²) in [5, 5.41) is 0. The molecule has 0 aliphatic heterocycles. The lowest BCUT2D eigenvalue weighted by Gasteiger charge is -2.33. The molecule has 2 aliphatic carbocycles. The Morgan fingerprint density at radius 3 is 1.65 bits per heavy atom. The Morgan fingerprint density at radius 1 is 0.509 bits per heavy atom. The molecule has 2 nitrogen and oxygen atoms in total. The topological polar surface area (TPSA) is 6.48 Å². The summed E-state index contributed by atoms with van der Waals surface area (Å²) in [6.07, 6.45) is 5.86. The van der Waals surface area contributed by atoms with Crippen LogP contribution in [0.25, 0.3) is 22.3 Å². The minimum absolute atomic E-state index is 0.0688. The summed E-state index contributed by atoms with van der Waals surface area (Å²) in [5.41, 5.74) is 19.0. The van der Waals surface area contributed by atoms with Crippen LogP contribution < -0.4 is 9.80 Å². The fraction of sp³-hybridized carbons (Fsp3) is 0.164. The molecule has 0 heterocycles. The fourth-order valence-corrected chi connectivity index (χ4v) is 9.20. The zero-order chi connectivity index (χ0) is 39.1. The summed E-state index contributed by atoms with van der Waals surface area (Å²) in [7, 11) is 0. The number of nitrogens with zero attached hydrogens (tertiary/aromatic N) is 2. The van der Waals surface area contributed by atoms with Crippen molar-refractivity contribution in [3.63, 3.8) is 0 Å². The molecule has 0 spiro atoms. The van der Waals surface area contributed by atoms with Gasteiger partial charge in [0.25, 0.3) is 0 Å². The Kier molecular flexibility index (Phi) is 9.50. The van der Waals surface area contributed by atoms with Crippen molar-refractivity contribution in [2.75, 3.05) is 9.80 Å². The maximum absolute atomic E-state index is 2.45. The number of allylic oxidation sites excluding steroid dienone is 3. The van der Waals surface area contributed by atoms with E-state index in [9.17, 15) is 0 Å². The van der Waals surface area contributed by atoms with E-state index in [0.717, 1.165) is 34.9 Å². The monoisotopic (exact) mass is 738 g/mol. The number of fused-ring (bicyclic) bond motifs is 3. The Morgan fingerprint density at radius 2 is 1.02 bits per heavy atom. The van der Waals surface area contributed by atoms with Crippen LogP contribution in [0.15, 0.2) is 199 Å². The lowest BCUT2D eigenvalue weighted by atomic mass is 9.78. The molecule has 0 bridgehead atoms. The standard InChI is InChI=1S/C55H50N2/c1-38(2)52-36-46(32-34-49(52)48-21-13-12-16-39(48)3)56(42-17-8-6-9-18-42)44-28-24-40(25-29-44)41-26-30-45(31-27-41)57(43-19-10-7-11-20-43)47-33-35-51-50-22-14-15-23-53(50)55(4,5)54(51)37-47/h6-33,35-38,49H,34H2,1-5H3. The molecule has 0 aromatic heterocycles. The van der Waals surface area contributed by atoms with Crippen molar-refractivity contribution in [3.05, 3.63) is 222 Å². The normalized spacial score (nSPS) is 15.4. The summed E-state index contributed by atoms with van der Waals surface area (Å²) >= 11 is 0. The van der Waals surface area contributed by atoms with E-state index in [1.54, 1.807) is 0 Å². The van der Waals surface area contributed by atoms with Crippen molar-refractivity contribution in [2.45, 2.75) is 52.4 Å². The largest absolute Gasteiger partial charge is 0.311 e. The highest BCUT2D eigenvalue weighted by atomic mass is 15.1. The number of benzene rings is 7. The third-order valence-electron chi connectivity index (χ3n) is 12.2. The van der Waals surface area contributed by atoms with Crippen molar-refractivity contribution in [1.29, 1.82) is 0 Å². The van der Waals surface area contributed by atoms with Crippen molar-refractivity contribution >= 4 is 28.4 Å². The Balaban J connectivity index is 1.03. The molecule has 0 fully saturated rings. The van der Waals surface area contributed by atoms with Crippen molar-refractivity contribution in [3.8, 4) is 22.3 Å². The molecule has 57 heavy (non-hydrogen) atoms. The van der Waals surface area contributed by atoms with Gasteiger partial charge in [-0.2, -0.15) is 0 Å². The molecule has 0 saturated heterocycles. The van der Waals surface area contributed by atoms with Gasteiger partial charge in [0.05, 0.1) is 0 Å². The first kappa shape index (κ1) is 36.3. The van der Waals surface area contributed by atoms with Gasteiger partial charge < -0.3 is 9.80 Å². The van der Waals surface area contributed by atoms with E-state index in [-0.39, 0.29) is 5.41 Å². The number of hydrogen-bond acceptors (Lipinski definition) is 2. The van der Waals surface area contributed by atoms with E-state index in [1.165, 1.54) is 55.8 Å². The number of aryl methyl sites for hydroxylation is 1. The number of para-hydroxylation sites is 2. The highest BCUT2D eigenvalue weighted by Crippen LogP contribution is 2.51. The molecule has 280 valence electrons. The second kappa shape index (κ2) is 14.9. The van der Waals surface area contributed by atoms with Crippen molar-refractivity contribution in [2.24, 2.45) is 5.92 Å². The fourth-order valence-electron chi connectivity index (χ4n) is 9.20. The molecule has 1 atom stereocenters. The van der Waals surface area contributed by atoms with Crippen LogP contribution in [0.2, 0.25) is 0 Å². The van der Waals surface area contributed by atoms with Crippen LogP contribution in [0.4, 0.5) is 28.4 Å². The quantitative estimate of drug-likeness (QED) is 0.145. The van der Waals surface area contributed by atoms with E-state index in [4.69, 9.17) is 0 Å². The SMILES string of the molecule is Cc1ccccc1C1CC=C(N(c2ccccc2)c2ccc(-c3ccc(N(c4ccccc4)c4ccc5c(c4)C(C)(C)c4ccccc4-5)cc3)cc2)C=C1C(C)C. The molecule has 1 unspecified atom stereocenters. The highest BCUT2D eigenvalue weighted by molar-refractivity contribution is 5.86. The van der Waals surface area contributed by atoms with E-state index < -0.39 is 0 Å². The van der Waals surface area contributed by atoms with Gasteiger partial charge in [-0.3, -0.25) is 0 Å². The Labute approximate surface area is 339 Å². The van der Waals surface area contributed by atoms with E-state index >= 15 is 0 Å². The third kappa shape index (κ3) is 6.70. The van der Waals surface area contributed by atoms with Gasteiger partial charge in [-0.25, -0.2) is 0 Å². The second-order valence-electron chi connectivity index (χ2n) is 16.4. The molecule has 9 rings (SSSR count). The summed E-state index contributed by atoms with van der Waals surface area (Å²) in [6, 6.07) is 64.3. The van der Waals surface area contributed by atoms with Gasteiger partial charge in [0.15, 0.2) is 0 Å². The molecule has 7 aromatic rings. The van der Waals surface area contributed by atoms with Crippen molar-refractivity contribution in [1.82, 2.24) is 0 Å². The van der Waals surface area contributed by atoms with Crippen molar-refractivity contribution < 1.29 is 0 Å². The average molecular weight is 739 g/mol. The Bertz CT molecular complexity index is 2590. The van der Waals surface area contributed by atoms with Gasteiger partial charge in [-0.1, -0.05) is 155 Å². The first-order chi connectivity index (χ1) is 27.8. The van der Waals surface area contributed by atoms with E-state index in [1.807, 2.05) is 0 Å². The molecular formula is C55H50N2. The van der Waals surface area contributed by atoms with Gasteiger partial charge in [-0.05, 0) is 131 Å². The molecule has 0 radical (unpaired) electrons. The van der Waals surface area contributed by atoms with Crippen LogP contribution in [0.1, 0.15) is 62.3 Å². The summed E-state index contributed by atoms with van der Waals surface area (Å²) in [5.74, 6) is 0.827. The molecule has 2 heteroatoms. The molecular weight excluding hydrogens is 689 g/mol. The average Bonchev–Trinajstić information content (AvgIpc) is 3.48. The first-order valence-corrected chi connectivity index (χ1v) is 20.4.